The van der Waals surface area contributed by atoms with Crippen LogP contribution in [0.15, 0.2) is 59.5 Å². The van der Waals surface area contributed by atoms with Crippen molar-refractivity contribution >= 4 is 29.3 Å². The number of nitrogens with one attached hydrogen (secondary N) is 2. The van der Waals surface area contributed by atoms with Crippen LogP contribution in [0.5, 0.6) is 0 Å². The monoisotopic (exact) mass is 413 g/mol. The fourth-order valence-electron chi connectivity index (χ4n) is 3.25. The molecule has 29 heavy (non-hydrogen) atoms. The van der Waals surface area contributed by atoms with E-state index in [1.54, 1.807) is 17.8 Å². The summed E-state index contributed by atoms with van der Waals surface area (Å²) in [5.41, 5.74) is 1.81. The molecule has 154 valence electrons. The zero-order valence-electron chi connectivity index (χ0n) is 16.6. The van der Waals surface area contributed by atoms with E-state index in [-0.39, 0.29) is 6.10 Å². The third-order valence-electron chi connectivity index (χ3n) is 4.79. The molecule has 0 spiro atoms. The molecule has 0 saturated carbocycles. The Morgan fingerprint density at radius 2 is 1.97 bits per heavy atom. The number of carbonyl (C=O) groups excluding carboxylic acids is 2. The molecule has 2 aromatic rings. The van der Waals surface area contributed by atoms with Gasteiger partial charge in [0.2, 0.25) is 0 Å². The van der Waals surface area contributed by atoms with Crippen LogP contribution in [0.2, 0.25) is 0 Å². The molecule has 1 aliphatic rings. The molecule has 1 fully saturated rings. The second-order valence-corrected chi connectivity index (χ2v) is 7.75. The Hall–Kier alpha value is -2.35. The molecule has 0 aliphatic carbocycles. The summed E-state index contributed by atoms with van der Waals surface area (Å²) >= 11 is 1.58. The SMILES string of the molecule is CSc1cccc(NC(=O)C(=O)NCCCN2CCOC(c3ccccc3)C2)c1. The summed E-state index contributed by atoms with van der Waals surface area (Å²) in [6.07, 6.45) is 2.83. The standard InChI is InChI=1S/C22H27N3O3S/c1-29-19-10-5-9-18(15-19)24-22(27)21(26)23-11-6-12-25-13-14-28-20(16-25)17-7-3-2-4-8-17/h2-5,7-10,15,20H,6,11-14,16H2,1H3,(H,23,26)(H,24,27). The highest BCUT2D eigenvalue weighted by Crippen LogP contribution is 2.22. The van der Waals surface area contributed by atoms with E-state index >= 15 is 0 Å². The maximum Gasteiger partial charge on any atom is 0.313 e. The Balaban J connectivity index is 1.37. The normalized spacial score (nSPS) is 16.9. The van der Waals surface area contributed by atoms with Gasteiger partial charge in [-0.3, -0.25) is 14.5 Å². The topological polar surface area (TPSA) is 70.7 Å². The highest BCUT2D eigenvalue weighted by Gasteiger charge is 2.21. The third-order valence-corrected chi connectivity index (χ3v) is 5.52. The van der Waals surface area contributed by atoms with E-state index in [4.69, 9.17) is 4.74 Å². The van der Waals surface area contributed by atoms with Gasteiger partial charge in [0.25, 0.3) is 0 Å². The van der Waals surface area contributed by atoms with E-state index in [0.717, 1.165) is 31.0 Å². The lowest BCUT2D eigenvalue weighted by Gasteiger charge is -2.33. The number of thioether (sulfide) groups is 1. The van der Waals surface area contributed by atoms with Gasteiger partial charge in [-0.1, -0.05) is 36.4 Å². The van der Waals surface area contributed by atoms with E-state index in [9.17, 15) is 9.59 Å². The van der Waals surface area contributed by atoms with Gasteiger partial charge in [-0.15, -0.1) is 11.8 Å². The molecule has 2 aromatic carbocycles. The van der Waals surface area contributed by atoms with Gasteiger partial charge in [0.15, 0.2) is 0 Å². The van der Waals surface area contributed by atoms with E-state index in [1.165, 1.54) is 5.56 Å². The van der Waals surface area contributed by atoms with Crippen LogP contribution in [-0.2, 0) is 14.3 Å². The summed E-state index contributed by atoms with van der Waals surface area (Å²) in [5, 5.41) is 5.34. The fourth-order valence-corrected chi connectivity index (χ4v) is 3.71. The number of carbonyl (C=O) groups is 2. The Morgan fingerprint density at radius 3 is 2.76 bits per heavy atom. The second kappa shape index (κ2) is 11.0. The second-order valence-electron chi connectivity index (χ2n) is 6.87. The smallest absolute Gasteiger partial charge is 0.313 e. The average molecular weight is 414 g/mol. The van der Waals surface area contributed by atoms with Crippen molar-refractivity contribution < 1.29 is 14.3 Å². The lowest BCUT2D eigenvalue weighted by atomic mass is 10.1. The molecule has 1 aliphatic heterocycles. The summed E-state index contributed by atoms with van der Waals surface area (Å²) < 4.78 is 5.88. The van der Waals surface area contributed by atoms with Crippen LogP contribution in [0.25, 0.3) is 0 Å². The molecule has 0 bridgehead atoms. The van der Waals surface area contributed by atoms with E-state index in [1.807, 2.05) is 42.7 Å². The van der Waals surface area contributed by atoms with Crippen LogP contribution in [0.1, 0.15) is 18.1 Å². The Bertz CT molecular complexity index is 816. The summed E-state index contributed by atoms with van der Waals surface area (Å²) in [6.45, 7) is 3.73. The van der Waals surface area contributed by atoms with Crippen molar-refractivity contribution in [3.63, 3.8) is 0 Å². The van der Waals surface area contributed by atoms with Crippen LogP contribution < -0.4 is 10.6 Å². The molecule has 7 heteroatoms. The van der Waals surface area contributed by atoms with Gasteiger partial charge < -0.3 is 15.4 Å². The molecule has 1 saturated heterocycles. The summed E-state index contributed by atoms with van der Waals surface area (Å²) in [7, 11) is 0. The van der Waals surface area contributed by atoms with Crippen LogP contribution in [-0.4, -0.2) is 55.8 Å². The molecular formula is C22H27N3O3S. The first-order valence-electron chi connectivity index (χ1n) is 9.78. The molecule has 3 rings (SSSR count). The highest BCUT2D eigenvalue weighted by atomic mass is 32.2. The number of ether oxygens (including phenoxy) is 1. The Kier molecular flexibility index (Phi) is 8.10. The molecule has 0 radical (unpaired) electrons. The van der Waals surface area contributed by atoms with Crippen molar-refractivity contribution in [2.75, 3.05) is 44.4 Å². The number of hydrogen-bond donors (Lipinski definition) is 2. The lowest BCUT2D eigenvalue weighted by Crippen LogP contribution is -2.41. The van der Waals surface area contributed by atoms with Crippen molar-refractivity contribution in [2.24, 2.45) is 0 Å². The van der Waals surface area contributed by atoms with E-state index < -0.39 is 11.8 Å². The Labute approximate surface area is 176 Å². The van der Waals surface area contributed by atoms with Gasteiger partial charge in [-0.25, -0.2) is 0 Å². The number of nitrogens with zero attached hydrogens (tertiary/aromatic N) is 1. The summed E-state index contributed by atoms with van der Waals surface area (Å²) in [4.78, 5) is 27.4. The predicted octanol–water partition coefficient (Wildman–Crippen LogP) is 2.93. The molecule has 2 N–H and O–H groups in total. The van der Waals surface area contributed by atoms with Crippen molar-refractivity contribution in [3.05, 3.63) is 60.2 Å². The van der Waals surface area contributed by atoms with Crippen LogP contribution in [0, 0.1) is 0 Å². The first-order chi connectivity index (χ1) is 14.2. The minimum atomic E-state index is -0.640. The number of morpholine rings is 1. The zero-order valence-corrected chi connectivity index (χ0v) is 17.4. The minimum absolute atomic E-state index is 0.0855. The summed E-state index contributed by atoms with van der Waals surface area (Å²) in [6, 6.07) is 17.6. The van der Waals surface area contributed by atoms with E-state index in [2.05, 4.69) is 27.7 Å². The lowest BCUT2D eigenvalue weighted by molar-refractivity contribution is -0.136. The highest BCUT2D eigenvalue weighted by molar-refractivity contribution is 7.98. The number of benzene rings is 2. The van der Waals surface area contributed by atoms with Gasteiger partial charge in [-0.2, -0.15) is 0 Å². The first-order valence-corrected chi connectivity index (χ1v) is 11.0. The van der Waals surface area contributed by atoms with Crippen molar-refractivity contribution in [3.8, 4) is 0 Å². The maximum absolute atomic E-state index is 12.1. The van der Waals surface area contributed by atoms with Crippen molar-refractivity contribution in [1.82, 2.24) is 10.2 Å². The molecule has 1 atom stereocenters. The van der Waals surface area contributed by atoms with Crippen molar-refractivity contribution in [2.45, 2.75) is 17.4 Å². The van der Waals surface area contributed by atoms with Gasteiger partial charge in [0.05, 0.1) is 12.7 Å². The quantitative estimate of drug-likeness (QED) is 0.415. The number of hydrogen-bond acceptors (Lipinski definition) is 5. The van der Waals surface area contributed by atoms with Gasteiger partial charge in [-0.05, 0) is 36.4 Å². The van der Waals surface area contributed by atoms with Crippen LogP contribution >= 0.6 is 11.8 Å². The largest absolute Gasteiger partial charge is 0.371 e. The molecule has 2 amide bonds. The third kappa shape index (κ3) is 6.59. The molecule has 1 heterocycles. The van der Waals surface area contributed by atoms with E-state index in [0.29, 0.717) is 18.8 Å². The number of anilines is 1. The summed E-state index contributed by atoms with van der Waals surface area (Å²) in [5.74, 6) is -1.25. The minimum Gasteiger partial charge on any atom is -0.371 e. The van der Waals surface area contributed by atoms with Gasteiger partial charge in [0, 0.05) is 36.8 Å². The fraction of sp³-hybridized carbons (Fsp3) is 0.364. The molecule has 6 nitrogen and oxygen atoms in total. The number of rotatable bonds is 7. The maximum atomic E-state index is 12.1. The average Bonchev–Trinajstić information content (AvgIpc) is 2.77. The zero-order chi connectivity index (χ0) is 20.5. The molecule has 0 aromatic heterocycles. The van der Waals surface area contributed by atoms with Crippen LogP contribution in [0.4, 0.5) is 5.69 Å². The van der Waals surface area contributed by atoms with Gasteiger partial charge in [0.1, 0.15) is 0 Å². The van der Waals surface area contributed by atoms with Crippen LogP contribution in [0.3, 0.4) is 0 Å². The van der Waals surface area contributed by atoms with Crippen molar-refractivity contribution in [1.29, 1.82) is 0 Å². The molecular weight excluding hydrogens is 386 g/mol. The van der Waals surface area contributed by atoms with Gasteiger partial charge >= 0.3 is 11.8 Å². The first kappa shape index (κ1) is 21.4. The number of amides is 2. The Morgan fingerprint density at radius 1 is 1.14 bits per heavy atom. The molecule has 1 unspecified atom stereocenters. The predicted molar refractivity (Wildman–Crippen MR) is 116 cm³/mol.